The van der Waals surface area contributed by atoms with Crippen LogP contribution in [-0.2, 0) is 6.54 Å². The lowest BCUT2D eigenvalue weighted by Crippen LogP contribution is -2.33. The Morgan fingerprint density at radius 3 is 2.55 bits per heavy atom. The van der Waals surface area contributed by atoms with Gasteiger partial charge in [0.15, 0.2) is 0 Å². The lowest BCUT2D eigenvalue weighted by Gasteiger charge is -2.23. The molecule has 1 amide bonds. The third-order valence-corrected chi connectivity index (χ3v) is 4.37. The number of carbonyl (C=O) groups excluding carboxylic acids is 1. The molecule has 2 unspecified atom stereocenters. The number of carbonyl (C=O) groups is 1. The molecule has 2 atom stereocenters. The van der Waals surface area contributed by atoms with Crippen LogP contribution in [0.1, 0.15) is 54.9 Å². The molecule has 0 aliphatic heterocycles. The van der Waals surface area contributed by atoms with E-state index in [9.17, 15) is 4.79 Å². The Bertz CT molecular complexity index is 427. The summed E-state index contributed by atoms with van der Waals surface area (Å²) in [5.41, 5.74) is 1.97. The van der Waals surface area contributed by atoms with Crippen LogP contribution in [0.5, 0.6) is 0 Å². The van der Waals surface area contributed by atoms with Crippen molar-refractivity contribution >= 4 is 5.91 Å². The van der Waals surface area contributed by atoms with Crippen LogP contribution < -0.4 is 10.6 Å². The number of rotatable bonds is 4. The summed E-state index contributed by atoms with van der Waals surface area (Å²) in [7, 11) is 1.66. The van der Waals surface area contributed by atoms with Gasteiger partial charge in [-0.2, -0.15) is 0 Å². The summed E-state index contributed by atoms with van der Waals surface area (Å²) in [6.45, 7) is 3.25. The van der Waals surface area contributed by atoms with Crippen LogP contribution in [0.2, 0.25) is 0 Å². The van der Waals surface area contributed by atoms with Crippen molar-refractivity contribution in [1.82, 2.24) is 10.6 Å². The Hall–Kier alpha value is -1.35. The smallest absolute Gasteiger partial charge is 0.251 e. The molecule has 2 rings (SSSR count). The zero-order valence-electron chi connectivity index (χ0n) is 12.6. The lowest BCUT2D eigenvalue weighted by atomic mass is 9.96. The summed E-state index contributed by atoms with van der Waals surface area (Å²) in [4.78, 5) is 11.5. The van der Waals surface area contributed by atoms with E-state index in [0.717, 1.165) is 18.0 Å². The van der Waals surface area contributed by atoms with E-state index in [4.69, 9.17) is 0 Å². The average Bonchev–Trinajstić information content (AvgIpc) is 2.69. The van der Waals surface area contributed by atoms with Crippen LogP contribution in [0.25, 0.3) is 0 Å². The predicted molar refractivity (Wildman–Crippen MR) is 82.7 cm³/mol. The second-order valence-electron chi connectivity index (χ2n) is 5.88. The maximum Gasteiger partial charge on any atom is 0.251 e. The van der Waals surface area contributed by atoms with Crippen LogP contribution in [0.15, 0.2) is 24.3 Å². The molecule has 1 saturated carbocycles. The number of benzene rings is 1. The minimum Gasteiger partial charge on any atom is -0.355 e. The summed E-state index contributed by atoms with van der Waals surface area (Å²) >= 11 is 0. The van der Waals surface area contributed by atoms with Gasteiger partial charge in [-0.25, -0.2) is 0 Å². The molecule has 0 bridgehead atoms. The second-order valence-corrected chi connectivity index (χ2v) is 5.88. The van der Waals surface area contributed by atoms with Crippen LogP contribution >= 0.6 is 0 Å². The molecule has 3 heteroatoms. The number of hydrogen-bond donors (Lipinski definition) is 2. The standard InChI is InChI=1S/C17H26N2O/c1-13-6-4-3-5-7-16(13)19-12-14-8-10-15(11-9-14)17(20)18-2/h8-11,13,16,19H,3-7,12H2,1-2H3,(H,18,20). The van der Waals surface area contributed by atoms with Gasteiger partial charge in [0, 0.05) is 25.2 Å². The number of hydrogen-bond acceptors (Lipinski definition) is 2. The minimum absolute atomic E-state index is 0.0260. The summed E-state index contributed by atoms with van der Waals surface area (Å²) in [6, 6.07) is 8.51. The highest BCUT2D eigenvalue weighted by Crippen LogP contribution is 2.23. The Morgan fingerprint density at radius 1 is 1.15 bits per heavy atom. The molecule has 0 saturated heterocycles. The lowest BCUT2D eigenvalue weighted by molar-refractivity contribution is 0.0963. The first-order chi connectivity index (χ1) is 9.70. The van der Waals surface area contributed by atoms with E-state index in [1.807, 2.05) is 24.3 Å². The third kappa shape index (κ3) is 4.07. The van der Waals surface area contributed by atoms with Gasteiger partial charge in [-0.3, -0.25) is 4.79 Å². The molecular weight excluding hydrogens is 248 g/mol. The maximum absolute atomic E-state index is 11.5. The van der Waals surface area contributed by atoms with Gasteiger partial charge in [0.2, 0.25) is 0 Å². The second kappa shape index (κ2) is 7.44. The molecule has 0 radical (unpaired) electrons. The number of amides is 1. The molecular formula is C17H26N2O. The predicted octanol–water partition coefficient (Wildman–Crippen LogP) is 3.10. The Balaban J connectivity index is 1.88. The van der Waals surface area contributed by atoms with Crippen LogP contribution in [0.4, 0.5) is 0 Å². The summed E-state index contributed by atoms with van der Waals surface area (Å²) in [5.74, 6) is 0.740. The van der Waals surface area contributed by atoms with Gasteiger partial charge in [-0.05, 0) is 36.5 Å². The largest absolute Gasteiger partial charge is 0.355 e. The van der Waals surface area contributed by atoms with Crippen molar-refractivity contribution < 1.29 is 4.79 Å². The molecule has 1 aromatic carbocycles. The number of nitrogens with one attached hydrogen (secondary N) is 2. The van der Waals surface area contributed by atoms with Crippen LogP contribution in [0, 0.1) is 5.92 Å². The molecule has 20 heavy (non-hydrogen) atoms. The molecule has 1 aliphatic rings. The minimum atomic E-state index is -0.0260. The van der Waals surface area contributed by atoms with E-state index in [0.29, 0.717) is 6.04 Å². The molecule has 110 valence electrons. The Kier molecular flexibility index (Phi) is 5.60. The first kappa shape index (κ1) is 15.0. The van der Waals surface area contributed by atoms with Crippen molar-refractivity contribution in [3.63, 3.8) is 0 Å². The molecule has 2 N–H and O–H groups in total. The highest BCUT2D eigenvalue weighted by molar-refractivity contribution is 5.93. The van der Waals surface area contributed by atoms with Gasteiger partial charge in [0.1, 0.15) is 0 Å². The van der Waals surface area contributed by atoms with E-state index in [2.05, 4.69) is 17.6 Å². The molecule has 1 aliphatic carbocycles. The third-order valence-electron chi connectivity index (χ3n) is 4.37. The van der Waals surface area contributed by atoms with Crippen molar-refractivity contribution in [2.75, 3.05) is 7.05 Å². The van der Waals surface area contributed by atoms with E-state index in [1.54, 1.807) is 7.05 Å². The fourth-order valence-corrected chi connectivity index (χ4v) is 2.96. The zero-order valence-corrected chi connectivity index (χ0v) is 12.6. The van der Waals surface area contributed by atoms with Crippen molar-refractivity contribution in [3.05, 3.63) is 35.4 Å². The molecule has 0 spiro atoms. The monoisotopic (exact) mass is 274 g/mol. The van der Waals surface area contributed by atoms with E-state index in [1.165, 1.54) is 37.7 Å². The van der Waals surface area contributed by atoms with Crippen LogP contribution in [-0.4, -0.2) is 19.0 Å². The average molecular weight is 274 g/mol. The quantitative estimate of drug-likeness (QED) is 0.828. The van der Waals surface area contributed by atoms with Gasteiger partial charge in [0.05, 0.1) is 0 Å². The zero-order chi connectivity index (χ0) is 14.4. The van der Waals surface area contributed by atoms with Crippen LogP contribution in [0.3, 0.4) is 0 Å². The van der Waals surface area contributed by atoms with Gasteiger partial charge in [0.25, 0.3) is 5.91 Å². The van der Waals surface area contributed by atoms with E-state index in [-0.39, 0.29) is 5.91 Å². The van der Waals surface area contributed by atoms with Crippen molar-refractivity contribution in [1.29, 1.82) is 0 Å². The molecule has 1 aromatic rings. The first-order valence-corrected chi connectivity index (χ1v) is 7.75. The molecule has 0 aromatic heterocycles. The maximum atomic E-state index is 11.5. The Labute approximate surface area is 122 Å². The van der Waals surface area contributed by atoms with Crippen molar-refractivity contribution in [3.8, 4) is 0 Å². The van der Waals surface area contributed by atoms with Gasteiger partial charge < -0.3 is 10.6 Å². The van der Waals surface area contributed by atoms with Gasteiger partial charge >= 0.3 is 0 Å². The SMILES string of the molecule is CNC(=O)c1ccc(CNC2CCCCCC2C)cc1. The van der Waals surface area contributed by atoms with Gasteiger partial charge in [-0.15, -0.1) is 0 Å². The Morgan fingerprint density at radius 2 is 1.85 bits per heavy atom. The molecule has 0 heterocycles. The highest BCUT2D eigenvalue weighted by atomic mass is 16.1. The normalized spacial score (nSPS) is 23.1. The first-order valence-electron chi connectivity index (χ1n) is 7.75. The van der Waals surface area contributed by atoms with Crippen molar-refractivity contribution in [2.45, 2.75) is 51.6 Å². The van der Waals surface area contributed by atoms with E-state index >= 15 is 0 Å². The topological polar surface area (TPSA) is 41.1 Å². The molecule has 1 fully saturated rings. The summed E-state index contributed by atoms with van der Waals surface area (Å²) in [5, 5.41) is 6.33. The summed E-state index contributed by atoms with van der Waals surface area (Å²) in [6.07, 6.45) is 6.73. The fourth-order valence-electron chi connectivity index (χ4n) is 2.96. The summed E-state index contributed by atoms with van der Waals surface area (Å²) < 4.78 is 0. The van der Waals surface area contributed by atoms with Gasteiger partial charge in [-0.1, -0.05) is 38.3 Å². The fraction of sp³-hybridized carbons (Fsp3) is 0.588. The van der Waals surface area contributed by atoms with Crippen molar-refractivity contribution in [2.24, 2.45) is 5.92 Å². The highest BCUT2D eigenvalue weighted by Gasteiger charge is 2.18. The van der Waals surface area contributed by atoms with E-state index < -0.39 is 0 Å². The molecule has 3 nitrogen and oxygen atoms in total.